The Kier molecular flexibility index (Phi) is 7.55. The van der Waals surface area contributed by atoms with Crippen molar-refractivity contribution >= 4 is 27.8 Å². The largest absolute Gasteiger partial charge is 0.456 e. The molecule has 1 aliphatic carbocycles. The summed E-state index contributed by atoms with van der Waals surface area (Å²) in [6.45, 7) is 4.71. The van der Waals surface area contributed by atoms with Gasteiger partial charge in [-0.25, -0.2) is 0 Å². The molecule has 0 fully saturated rings. The molecule has 2 nitrogen and oxygen atoms in total. The molecule has 0 saturated carbocycles. The van der Waals surface area contributed by atoms with E-state index in [-0.39, 0.29) is 5.41 Å². The molecule has 0 unspecified atom stereocenters. The van der Waals surface area contributed by atoms with E-state index in [4.69, 9.17) is 4.74 Å². The van der Waals surface area contributed by atoms with Gasteiger partial charge in [0.05, 0.1) is 5.69 Å². The van der Waals surface area contributed by atoms with E-state index in [1.54, 1.807) is 0 Å². The predicted molar refractivity (Wildman–Crippen MR) is 238 cm³/mol. The van der Waals surface area contributed by atoms with Crippen molar-refractivity contribution in [2.45, 2.75) is 19.3 Å². The van der Waals surface area contributed by atoms with Gasteiger partial charge in [-0.1, -0.05) is 159 Å². The SMILES string of the molecule is CC1(C)c2ccccc2-c2ccc(N(c3cccc(-c4ccccc4)c3)c3cccc4c3-c3ccc(-c5ccccc5)cc3-c3cc5ccccc5cc3O4)cc21. The molecule has 2 aliphatic rings. The number of hydrogen-bond acceptors (Lipinski definition) is 2. The Morgan fingerprint density at radius 3 is 1.77 bits per heavy atom. The summed E-state index contributed by atoms with van der Waals surface area (Å²) in [6.07, 6.45) is 0. The Hall–Kier alpha value is -7.16. The van der Waals surface area contributed by atoms with Crippen LogP contribution in [0.2, 0.25) is 0 Å². The maximum Gasteiger partial charge on any atom is 0.137 e. The molecule has 0 bridgehead atoms. The zero-order valence-corrected chi connectivity index (χ0v) is 31.9. The molecule has 2 heteroatoms. The summed E-state index contributed by atoms with van der Waals surface area (Å²) in [6, 6.07) is 72.6. The summed E-state index contributed by atoms with van der Waals surface area (Å²) < 4.78 is 7.12. The monoisotopic (exact) mass is 729 g/mol. The topological polar surface area (TPSA) is 12.5 Å². The van der Waals surface area contributed by atoms with Gasteiger partial charge in [-0.3, -0.25) is 0 Å². The molecule has 9 aromatic rings. The summed E-state index contributed by atoms with van der Waals surface area (Å²) in [4.78, 5) is 2.44. The summed E-state index contributed by atoms with van der Waals surface area (Å²) in [5, 5.41) is 2.33. The lowest BCUT2D eigenvalue weighted by atomic mass is 9.82. The number of rotatable bonds is 5. The van der Waals surface area contributed by atoms with E-state index in [1.807, 2.05) is 0 Å². The predicted octanol–water partition coefficient (Wildman–Crippen LogP) is 15.4. The van der Waals surface area contributed by atoms with Gasteiger partial charge in [-0.2, -0.15) is 0 Å². The fourth-order valence-corrected chi connectivity index (χ4v) is 9.20. The van der Waals surface area contributed by atoms with Crippen molar-refractivity contribution < 1.29 is 4.74 Å². The van der Waals surface area contributed by atoms with Gasteiger partial charge >= 0.3 is 0 Å². The van der Waals surface area contributed by atoms with Crippen LogP contribution in [0.1, 0.15) is 25.0 Å². The van der Waals surface area contributed by atoms with Crippen LogP contribution in [-0.2, 0) is 5.41 Å². The third-order valence-corrected chi connectivity index (χ3v) is 12.0. The quantitative estimate of drug-likeness (QED) is 0.175. The van der Waals surface area contributed by atoms with Gasteiger partial charge in [0.1, 0.15) is 11.5 Å². The third-order valence-electron chi connectivity index (χ3n) is 12.0. The fraction of sp³-hybridized carbons (Fsp3) is 0.0545. The van der Waals surface area contributed by atoms with Gasteiger partial charge in [-0.05, 0) is 121 Å². The van der Waals surface area contributed by atoms with Gasteiger partial charge in [-0.15, -0.1) is 0 Å². The highest BCUT2D eigenvalue weighted by Gasteiger charge is 2.36. The van der Waals surface area contributed by atoms with Crippen molar-refractivity contribution in [1.29, 1.82) is 0 Å². The first-order valence-electron chi connectivity index (χ1n) is 19.8. The molecule has 1 heterocycles. The average molecular weight is 730 g/mol. The van der Waals surface area contributed by atoms with E-state index in [0.717, 1.165) is 61.8 Å². The maximum atomic E-state index is 7.12. The fourth-order valence-electron chi connectivity index (χ4n) is 9.20. The standard InChI is InChI=1S/C55H39NO/c1-55(2)49-24-12-11-23-44(49)45-30-28-43(35-50(45)55)56(42-22-13-21-38(31-42)36-15-5-3-6-16-36)51-25-14-26-52-54(51)46-29-27-41(37-17-7-4-8-18-37)32-47(46)48-33-39-19-9-10-20-40(39)34-53(48)57-52/h3-35H,1-2H3. The molecule has 57 heavy (non-hydrogen) atoms. The highest BCUT2D eigenvalue weighted by atomic mass is 16.5. The second-order valence-electron chi connectivity index (χ2n) is 15.7. The molecule has 0 radical (unpaired) electrons. The summed E-state index contributed by atoms with van der Waals surface area (Å²) >= 11 is 0. The molecule has 11 rings (SSSR count). The van der Waals surface area contributed by atoms with Crippen LogP contribution in [0.15, 0.2) is 200 Å². The molecule has 0 N–H and O–H groups in total. The first-order valence-corrected chi connectivity index (χ1v) is 19.8. The van der Waals surface area contributed by atoms with E-state index < -0.39 is 0 Å². The van der Waals surface area contributed by atoms with E-state index in [2.05, 4.69) is 219 Å². The Balaban J connectivity index is 1.18. The summed E-state index contributed by atoms with van der Waals surface area (Å²) in [7, 11) is 0. The van der Waals surface area contributed by atoms with Crippen LogP contribution >= 0.6 is 0 Å². The lowest BCUT2D eigenvalue weighted by molar-refractivity contribution is 0.488. The zero-order valence-electron chi connectivity index (χ0n) is 31.9. The number of anilines is 3. The van der Waals surface area contributed by atoms with Gasteiger partial charge < -0.3 is 9.64 Å². The Bertz CT molecular complexity index is 3020. The van der Waals surface area contributed by atoms with Crippen molar-refractivity contribution in [2.24, 2.45) is 0 Å². The van der Waals surface area contributed by atoms with Crippen molar-refractivity contribution in [3.63, 3.8) is 0 Å². The average Bonchev–Trinajstić information content (AvgIpc) is 3.40. The summed E-state index contributed by atoms with van der Waals surface area (Å²) in [5.74, 6) is 1.68. The minimum absolute atomic E-state index is 0.152. The van der Waals surface area contributed by atoms with Crippen molar-refractivity contribution in [3.8, 4) is 67.1 Å². The van der Waals surface area contributed by atoms with E-state index in [1.165, 1.54) is 44.3 Å². The maximum absolute atomic E-state index is 7.12. The van der Waals surface area contributed by atoms with Gasteiger partial charge in [0.2, 0.25) is 0 Å². The Labute approximate surface area is 333 Å². The normalized spacial score (nSPS) is 13.0. The van der Waals surface area contributed by atoms with E-state index >= 15 is 0 Å². The number of nitrogens with zero attached hydrogens (tertiary/aromatic N) is 1. The van der Waals surface area contributed by atoms with Crippen LogP contribution in [0.3, 0.4) is 0 Å². The first-order chi connectivity index (χ1) is 28.0. The van der Waals surface area contributed by atoms with Crippen LogP contribution < -0.4 is 9.64 Å². The lowest BCUT2D eigenvalue weighted by Gasteiger charge is -2.30. The van der Waals surface area contributed by atoms with Gasteiger partial charge in [0.15, 0.2) is 0 Å². The van der Waals surface area contributed by atoms with E-state index in [9.17, 15) is 0 Å². The molecule has 1 aliphatic heterocycles. The van der Waals surface area contributed by atoms with Gasteiger partial charge in [0, 0.05) is 27.9 Å². The second kappa shape index (κ2) is 13.0. The molecule has 0 spiro atoms. The number of fused-ring (bicyclic) bond motifs is 9. The highest BCUT2D eigenvalue weighted by molar-refractivity contribution is 6.03. The molecule has 0 atom stereocenters. The number of benzene rings is 9. The van der Waals surface area contributed by atoms with Crippen LogP contribution in [0.25, 0.3) is 66.4 Å². The molecule has 9 aromatic carbocycles. The lowest BCUT2D eigenvalue weighted by Crippen LogP contribution is -2.17. The minimum atomic E-state index is -0.152. The Morgan fingerprint density at radius 1 is 0.368 bits per heavy atom. The van der Waals surface area contributed by atoms with Crippen LogP contribution in [0.4, 0.5) is 17.1 Å². The van der Waals surface area contributed by atoms with Crippen LogP contribution in [-0.4, -0.2) is 0 Å². The molecule has 0 amide bonds. The molecule has 0 aromatic heterocycles. The minimum Gasteiger partial charge on any atom is -0.456 e. The Morgan fingerprint density at radius 2 is 0.982 bits per heavy atom. The van der Waals surface area contributed by atoms with Crippen LogP contribution in [0, 0.1) is 0 Å². The van der Waals surface area contributed by atoms with Gasteiger partial charge in [0.25, 0.3) is 0 Å². The molecule has 270 valence electrons. The van der Waals surface area contributed by atoms with Crippen molar-refractivity contribution in [3.05, 3.63) is 211 Å². The highest BCUT2D eigenvalue weighted by Crippen LogP contribution is 2.55. The van der Waals surface area contributed by atoms with E-state index in [0.29, 0.717) is 0 Å². The number of ether oxygens (including phenoxy) is 1. The van der Waals surface area contributed by atoms with Crippen molar-refractivity contribution in [1.82, 2.24) is 0 Å². The number of hydrogen-bond donors (Lipinski definition) is 0. The van der Waals surface area contributed by atoms with Crippen molar-refractivity contribution in [2.75, 3.05) is 4.90 Å². The third kappa shape index (κ3) is 5.40. The molecular formula is C55H39NO. The molecular weight excluding hydrogens is 691 g/mol. The second-order valence-corrected chi connectivity index (χ2v) is 15.7. The van der Waals surface area contributed by atoms with Crippen LogP contribution in [0.5, 0.6) is 11.5 Å². The summed E-state index contributed by atoms with van der Waals surface area (Å²) in [5.41, 5.74) is 17.5. The zero-order chi connectivity index (χ0) is 38.1. The molecule has 0 saturated heterocycles. The first kappa shape index (κ1) is 33.2. The smallest absolute Gasteiger partial charge is 0.137 e.